The topological polar surface area (TPSA) is 58.0 Å². The summed E-state index contributed by atoms with van der Waals surface area (Å²) in [5, 5.41) is 1.43. The van der Waals surface area contributed by atoms with E-state index >= 15 is 0 Å². The van der Waals surface area contributed by atoms with Crippen molar-refractivity contribution in [2.45, 2.75) is 6.54 Å². The molecule has 0 aliphatic carbocycles. The molecule has 0 saturated carbocycles. The summed E-state index contributed by atoms with van der Waals surface area (Å²) in [6, 6.07) is 5.93. The van der Waals surface area contributed by atoms with Crippen molar-refractivity contribution in [2.75, 3.05) is 40.4 Å². The monoisotopic (exact) mass is 476 g/mol. The highest BCUT2D eigenvalue weighted by Gasteiger charge is 2.33. The zero-order valence-electron chi connectivity index (χ0n) is 16.2. The van der Waals surface area contributed by atoms with Crippen molar-refractivity contribution in [3.8, 4) is 0 Å². The Morgan fingerprint density at radius 2 is 1.97 bits per heavy atom. The second-order valence-electron chi connectivity index (χ2n) is 7.10. The van der Waals surface area contributed by atoms with Gasteiger partial charge in [-0.15, -0.1) is 0 Å². The molecule has 3 heterocycles. The first-order chi connectivity index (χ1) is 13.9. The van der Waals surface area contributed by atoms with E-state index < -0.39 is 0 Å². The second kappa shape index (κ2) is 7.89. The lowest BCUT2D eigenvalue weighted by Gasteiger charge is -2.27. The molecule has 0 unspecified atom stereocenters. The van der Waals surface area contributed by atoms with Gasteiger partial charge in [0.05, 0.1) is 13.2 Å². The van der Waals surface area contributed by atoms with Crippen molar-refractivity contribution in [1.29, 1.82) is 0 Å². The Morgan fingerprint density at radius 1 is 1.24 bits per heavy atom. The van der Waals surface area contributed by atoms with Gasteiger partial charge in [-0.25, -0.2) is 0 Å². The van der Waals surface area contributed by atoms with Crippen LogP contribution in [0, 0.1) is 0 Å². The van der Waals surface area contributed by atoms with Gasteiger partial charge in [-0.05, 0) is 36.5 Å². The van der Waals surface area contributed by atoms with E-state index in [2.05, 4.69) is 15.9 Å². The molecule has 0 atom stereocenters. The Balaban J connectivity index is 1.73. The van der Waals surface area contributed by atoms with Crippen molar-refractivity contribution in [2.24, 2.45) is 0 Å². The average molecular weight is 477 g/mol. The summed E-state index contributed by atoms with van der Waals surface area (Å²) in [4.78, 5) is 30.3. The molecule has 9 heteroatoms. The summed E-state index contributed by atoms with van der Waals surface area (Å²) < 4.78 is 8.20. The zero-order valence-corrected chi connectivity index (χ0v) is 18.6. The van der Waals surface area contributed by atoms with Crippen molar-refractivity contribution in [3.63, 3.8) is 0 Å². The van der Waals surface area contributed by atoms with E-state index in [1.54, 1.807) is 19.0 Å². The van der Waals surface area contributed by atoms with Gasteiger partial charge in [-0.2, -0.15) is 0 Å². The summed E-state index contributed by atoms with van der Waals surface area (Å²) in [6.45, 7) is 2.62. The van der Waals surface area contributed by atoms with Crippen LogP contribution in [0.25, 0.3) is 17.0 Å². The molecule has 1 aromatic heterocycles. The van der Waals surface area contributed by atoms with Crippen LogP contribution in [-0.4, -0.2) is 76.6 Å². The minimum Gasteiger partial charge on any atom is -0.378 e. The molecule has 7 nitrogen and oxygen atoms in total. The minimum atomic E-state index is -0.141. The number of halogens is 1. The minimum absolute atomic E-state index is 0.0577. The molecule has 0 N–H and O–H groups in total. The number of hydrogen-bond acceptors (Lipinski definition) is 4. The van der Waals surface area contributed by atoms with Crippen LogP contribution in [0.1, 0.15) is 5.56 Å². The number of morpholine rings is 1. The van der Waals surface area contributed by atoms with Gasteiger partial charge in [0.15, 0.2) is 5.11 Å². The Kier molecular flexibility index (Phi) is 5.46. The molecule has 152 valence electrons. The molecule has 4 rings (SSSR count). The van der Waals surface area contributed by atoms with Gasteiger partial charge in [-0.1, -0.05) is 15.9 Å². The van der Waals surface area contributed by atoms with Crippen LogP contribution < -0.4 is 0 Å². The fraction of sp³-hybridized carbons (Fsp3) is 0.350. The molecule has 2 amide bonds. The third kappa shape index (κ3) is 3.70. The maximum atomic E-state index is 12.8. The van der Waals surface area contributed by atoms with Gasteiger partial charge in [0.25, 0.3) is 5.91 Å². The number of carbonyl (C=O) groups excluding carboxylic acids is 2. The molecule has 2 fully saturated rings. The first-order valence-corrected chi connectivity index (χ1v) is 10.5. The Hall–Kier alpha value is -2.23. The smallest absolute Gasteiger partial charge is 0.276 e. The number of fused-ring (bicyclic) bond motifs is 1. The Morgan fingerprint density at radius 3 is 2.62 bits per heavy atom. The lowest BCUT2D eigenvalue weighted by Crippen LogP contribution is -2.42. The fourth-order valence-electron chi connectivity index (χ4n) is 3.64. The number of likely N-dealkylation sites (N-methyl/N-ethyl adjacent to an activating group) is 2. The summed E-state index contributed by atoms with van der Waals surface area (Å²) in [7, 11) is 3.45. The number of amides is 2. The lowest BCUT2D eigenvalue weighted by molar-refractivity contribution is -0.135. The Bertz CT molecular complexity index is 1040. The molecule has 0 bridgehead atoms. The number of thiocarbonyl (C=S) groups is 1. The van der Waals surface area contributed by atoms with Gasteiger partial charge < -0.3 is 19.1 Å². The number of hydrogen-bond donors (Lipinski definition) is 0. The van der Waals surface area contributed by atoms with Crippen LogP contribution in [0.4, 0.5) is 0 Å². The predicted molar refractivity (Wildman–Crippen MR) is 118 cm³/mol. The van der Waals surface area contributed by atoms with Crippen LogP contribution in [0.3, 0.4) is 0 Å². The Labute approximate surface area is 182 Å². The maximum absolute atomic E-state index is 12.8. The predicted octanol–water partition coefficient (Wildman–Crippen LogP) is 2.29. The molecule has 2 aliphatic rings. The average Bonchev–Trinajstić information content (AvgIpc) is 3.14. The quantitative estimate of drug-likeness (QED) is 0.502. The largest absolute Gasteiger partial charge is 0.378 e. The van der Waals surface area contributed by atoms with E-state index in [-0.39, 0.29) is 18.4 Å². The number of rotatable bonds is 3. The molecular formula is C20H21BrN4O3S. The van der Waals surface area contributed by atoms with Gasteiger partial charge in [0, 0.05) is 54.3 Å². The molecule has 2 saturated heterocycles. The van der Waals surface area contributed by atoms with E-state index in [1.165, 1.54) is 4.90 Å². The standard InChI is InChI=1S/C20H21BrN4O3S/c1-22-17(19(27)23(2)20(22)29)9-13-11-25(16-4-3-14(21)10-15(13)16)12-18(26)24-5-7-28-8-6-24/h3-4,9-11H,5-8,12H2,1-2H3/b17-9-. The molecule has 0 spiro atoms. The van der Waals surface area contributed by atoms with Crippen LogP contribution in [0.15, 0.2) is 34.6 Å². The van der Waals surface area contributed by atoms with Gasteiger partial charge in [-0.3, -0.25) is 14.5 Å². The number of benzene rings is 1. The number of ether oxygens (including phenoxy) is 1. The summed E-state index contributed by atoms with van der Waals surface area (Å²) >= 11 is 8.82. The number of nitrogens with zero attached hydrogens (tertiary/aromatic N) is 4. The van der Waals surface area contributed by atoms with Crippen LogP contribution >= 0.6 is 28.1 Å². The first kappa shape index (κ1) is 20.1. The lowest BCUT2D eigenvalue weighted by atomic mass is 10.1. The summed E-state index contributed by atoms with van der Waals surface area (Å²) in [6.07, 6.45) is 3.76. The fourth-order valence-corrected chi connectivity index (χ4v) is 4.18. The van der Waals surface area contributed by atoms with Crippen molar-refractivity contribution in [3.05, 3.63) is 40.1 Å². The third-order valence-corrected chi connectivity index (χ3v) is 6.34. The van der Waals surface area contributed by atoms with Gasteiger partial charge in [0.2, 0.25) is 5.91 Å². The van der Waals surface area contributed by atoms with Crippen LogP contribution in [0.2, 0.25) is 0 Å². The molecule has 0 radical (unpaired) electrons. The highest BCUT2D eigenvalue weighted by Crippen LogP contribution is 2.29. The number of carbonyl (C=O) groups is 2. The summed E-state index contributed by atoms with van der Waals surface area (Å²) in [5.41, 5.74) is 2.31. The first-order valence-electron chi connectivity index (χ1n) is 9.28. The molecule has 29 heavy (non-hydrogen) atoms. The van der Waals surface area contributed by atoms with E-state index in [0.29, 0.717) is 37.1 Å². The highest BCUT2D eigenvalue weighted by atomic mass is 79.9. The third-order valence-electron chi connectivity index (χ3n) is 5.29. The zero-order chi connectivity index (χ0) is 20.7. The normalized spacial score (nSPS) is 19.1. The number of aromatic nitrogens is 1. The molecule has 2 aliphatic heterocycles. The maximum Gasteiger partial charge on any atom is 0.276 e. The molecular weight excluding hydrogens is 456 g/mol. The van der Waals surface area contributed by atoms with E-state index in [0.717, 1.165) is 20.9 Å². The van der Waals surface area contributed by atoms with E-state index in [4.69, 9.17) is 17.0 Å². The van der Waals surface area contributed by atoms with Crippen molar-refractivity contribution < 1.29 is 14.3 Å². The van der Waals surface area contributed by atoms with Gasteiger partial charge >= 0.3 is 0 Å². The molecule has 2 aromatic rings. The second-order valence-corrected chi connectivity index (χ2v) is 8.38. The van der Waals surface area contributed by atoms with Gasteiger partial charge in [0.1, 0.15) is 12.2 Å². The van der Waals surface area contributed by atoms with Crippen LogP contribution in [0.5, 0.6) is 0 Å². The van der Waals surface area contributed by atoms with E-state index in [9.17, 15) is 9.59 Å². The summed E-state index contributed by atoms with van der Waals surface area (Å²) in [5.74, 6) is -0.0833. The van der Waals surface area contributed by atoms with E-state index in [1.807, 2.05) is 39.9 Å². The highest BCUT2D eigenvalue weighted by molar-refractivity contribution is 9.10. The SMILES string of the molecule is CN1C(=O)/C(=C/c2cn(CC(=O)N3CCOCC3)c3ccc(Br)cc23)N(C)C1=S. The molecule has 1 aromatic carbocycles. The van der Waals surface area contributed by atoms with Crippen molar-refractivity contribution >= 4 is 62.1 Å². The van der Waals surface area contributed by atoms with Crippen molar-refractivity contribution in [1.82, 2.24) is 19.3 Å². The van der Waals surface area contributed by atoms with Crippen LogP contribution in [-0.2, 0) is 20.9 Å².